The van der Waals surface area contributed by atoms with Gasteiger partial charge in [0.1, 0.15) is 0 Å². The molecule has 0 aromatic carbocycles. The number of hydrogen-bond acceptors (Lipinski definition) is 2. The van der Waals surface area contributed by atoms with E-state index >= 15 is 0 Å². The van der Waals surface area contributed by atoms with Crippen molar-refractivity contribution in [3.63, 3.8) is 0 Å². The largest absolute Gasteiger partial charge is 0.784 e. The highest BCUT2D eigenvalue weighted by Crippen LogP contribution is 2.39. The van der Waals surface area contributed by atoms with E-state index in [0.717, 1.165) is 12.8 Å². The van der Waals surface area contributed by atoms with Crippen molar-refractivity contribution in [3.8, 4) is 0 Å². The molecule has 3 heteroatoms. The van der Waals surface area contributed by atoms with Crippen LogP contribution in [0.15, 0.2) is 0 Å². The molecule has 0 unspecified atom stereocenters. The van der Waals surface area contributed by atoms with Gasteiger partial charge in [-0.1, -0.05) is 0 Å². The first-order valence-corrected chi connectivity index (χ1v) is 4.81. The zero-order valence-electron chi connectivity index (χ0n) is 8.22. The lowest BCUT2D eigenvalue weighted by molar-refractivity contribution is 0.0218. The minimum absolute atomic E-state index is 0.139. The maximum absolute atomic E-state index is 11.8. The first-order valence-electron chi connectivity index (χ1n) is 4.37. The lowest BCUT2D eigenvalue weighted by atomic mass is 9.82. The average Bonchev–Trinajstić information content (AvgIpc) is 1.80. The molecule has 0 amide bonds. The molecule has 12 heavy (non-hydrogen) atoms. The summed E-state index contributed by atoms with van der Waals surface area (Å²) in [6, 6.07) is 0. The van der Waals surface area contributed by atoms with Crippen LogP contribution in [0.25, 0.3) is 0 Å². The van der Waals surface area contributed by atoms with Crippen molar-refractivity contribution in [1.82, 2.24) is 5.06 Å². The molecule has 1 heterocycles. The Morgan fingerprint density at radius 2 is 1.50 bits per heavy atom. The van der Waals surface area contributed by atoms with Crippen LogP contribution in [0.5, 0.6) is 0 Å². The van der Waals surface area contributed by atoms with Gasteiger partial charge < -0.3 is 10.3 Å². The Bertz CT molecular complexity index is 161. The molecule has 0 aliphatic carbocycles. The summed E-state index contributed by atoms with van der Waals surface area (Å²) >= 11 is 6.09. The van der Waals surface area contributed by atoms with E-state index in [1.165, 1.54) is 5.06 Å². The van der Waals surface area contributed by atoms with Gasteiger partial charge in [-0.25, -0.2) is 0 Å². The van der Waals surface area contributed by atoms with Crippen molar-refractivity contribution in [2.24, 2.45) is 0 Å². The number of halogens is 1. The molecule has 0 aromatic heterocycles. The van der Waals surface area contributed by atoms with Crippen LogP contribution in [-0.2, 0) is 0 Å². The zero-order chi connectivity index (χ0) is 9.57. The summed E-state index contributed by atoms with van der Waals surface area (Å²) in [6.45, 7) is 7.82. The molecule has 0 radical (unpaired) electrons. The molecule has 2 nitrogen and oxygen atoms in total. The Balaban J connectivity index is 2.84. The minimum Gasteiger partial charge on any atom is -0.784 e. The summed E-state index contributed by atoms with van der Waals surface area (Å²) in [7, 11) is 0. The SMILES string of the molecule is CC1(C)CC(Cl)CC(C)(C)N1[O-]. The second kappa shape index (κ2) is 2.86. The summed E-state index contributed by atoms with van der Waals surface area (Å²) in [5, 5.41) is 13.1. The lowest BCUT2D eigenvalue weighted by Gasteiger charge is -2.59. The van der Waals surface area contributed by atoms with Gasteiger partial charge in [0.15, 0.2) is 0 Å². The summed E-state index contributed by atoms with van der Waals surface area (Å²) in [5.74, 6) is 0. The molecule has 72 valence electrons. The molecule has 1 fully saturated rings. The van der Waals surface area contributed by atoms with Gasteiger partial charge in [0, 0.05) is 16.5 Å². The van der Waals surface area contributed by atoms with Crippen molar-refractivity contribution in [3.05, 3.63) is 5.21 Å². The smallest absolute Gasteiger partial charge is 0.0370 e. The van der Waals surface area contributed by atoms with Gasteiger partial charge in [0.2, 0.25) is 0 Å². The predicted octanol–water partition coefficient (Wildman–Crippen LogP) is 2.74. The van der Waals surface area contributed by atoms with E-state index in [1.807, 2.05) is 27.7 Å². The Hall–Kier alpha value is 0.210. The maximum Gasteiger partial charge on any atom is 0.0370 e. The van der Waals surface area contributed by atoms with E-state index in [9.17, 15) is 5.21 Å². The van der Waals surface area contributed by atoms with E-state index in [1.54, 1.807) is 0 Å². The molecule has 0 N–H and O–H groups in total. The number of rotatable bonds is 0. The van der Waals surface area contributed by atoms with Gasteiger partial charge in [-0.15, -0.1) is 11.6 Å². The Labute approximate surface area is 79.5 Å². The number of hydrogen-bond donors (Lipinski definition) is 0. The van der Waals surface area contributed by atoms with Crippen LogP contribution in [-0.4, -0.2) is 21.5 Å². The van der Waals surface area contributed by atoms with Crippen molar-refractivity contribution in [2.75, 3.05) is 0 Å². The molecule has 1 saturated heterocycles. The van der Waals surface area contributed by atoms with E-state index in [2.05, 4.69) is 0 Å². The van der Waals surface area contributed by atoms with Crippen molar-refractivity contribution < 1.29 is 0 Å². The Morgan fingerprint density at radius 3 is 1.83 bits per heavy atom. The number of nitrogens with zero attached hydrogens (tertiary/aromatic N) is 1. The Morgan fingerprint density at radius 1 is 1.17 bits per heavy atom. The highest BCUT2D eigenvalue weighted by molar-refractivity contribution is 6.20. The molecule has 0 bridgehead atoms. The van der Waals surface area contributed by atoms with Gasteiger partial charge in [0.25, 0.3) is 0 Å². The second-order valence-corrected chi connectivity index (χ2v) is 5.54. The molecule has 0 aromatic rings. The molecular formula is C9H17ClNO-. The third-order valence-electron chi connectivity index (χ3n) is 2.54. The quantitative estimate of drug-likeness (QED) is 0.549. The van der Waals surface area contributed by atoms with Crippen LogP contribution in [0.3, 0.4) is 0 Å². The summed E-state index contributed by atoms with van der Waals surface area (Å²) < 4.78 is 0. The highest BCUT2D eigenvalue weighted by Gasteiger charge is 2.39. The molecule has 1 aliphatic rings. The fourth-order valence-electron chi connectivity index (χ4n) is 2.14. The van der Waals surface area contributed by atoms with Crippen LogP contribution >= 0.6 is 11.6 Å². The molecule has 0 saturated carbocycles. The first kappa shape index (κ1) is 10.3. The van der Waals surface area contributed by atoms with Crippen LogP contribution in [0.4, 0.5) is 0 Å². The van der Waals surface area contributed by atoms with Gasteiger partial charge in [-0.3, -0.25) is 0 Å². The number of hydroxylamine groups is 2. The number of alkyl halides is 1. The minimum atomic E-state index is -0.311. The molecule has 1 aliphatic heterocycles. The molecular weight excluding hydrogens is 174 g/mol. The van der Waals surface area contributed by atoms with Crippen molar-refractivity contribution in [2.45, 2.75) is 57.0 Å². The van der Waals surface area contributed by atoms with E-state index in [0.29, 0.717) is 0 Å². The molecule has 0 atom stereocenters. The van der Waals surface area contributed by atoms with Crippen LogP contribution < -0.4 is 0 Å². The normalized spacial score (nSPS) is 30.5. The van der Waals surface area contributed by atoms with E-state index < -0.39 is 0 Å². The summed E-state index contributed by atoms with van der Waals surface area (Å²) in [4.78, 5) is 0. The molecule has 0 spiro atoms. The van der Waals surface area contributed by atoms with Gasteiger partial charge in [0.05, 0.1) is 0 Å². The summed E-state index contributed by atoms with van der Waals surface area (Å²) in [5.41, 5.74) is -0.623. The van der Waals surface area contributed by atoms with Gasteiger partial charge >= 0.3 is 0 Å². The lowest BCUT2D eigenvalue weighted by Crippen LogP contribution is -2.58. The van der Waals surface area contributed by atoms with E-state index in [4.69, 9.17) is 11.6 Å². The monoisotopic (exact) mass is 190 g/mol. The van der Waals surface area contributed by atoms with E-state index in [-0.39, 0.29) is 16.5 Å². The Kier molecular flexibility index (Phi) is 2.45. The average molecular weight is 191 g/mol. The van der Waals surface area contributed by atoms with Gasteiger partial charge in [-0.05, 0) is 40.5 Å². The fourth-order valence-corrected chi connectivity index (χ4v) is 2.90. The first-order chi connectivity index (χ1) is 5.26. The maximum atomic E-state index is 11.8. The third kappa shape index (κ3) is 1.76. The zero-order valence-corrected chi connectivity index (χ0v) is 8.98. The van der Waals surface area contributed by atoms with Crippen LogP contribution in [0.2, 0.25) is 0 Å². The third-order valence-corrected chi connectivity index (χ3v) is 2.85. The van der Waals surface area contributed by atoms with Crippen molar-refractivity contribution >= 4 is 11.6 Å². The predicted molar refractivity (Wildman–Crippen MR) is 52.2 cm³/mol. The number of piperidine rings is 1. The second-order valence-electron chi connectivity index (χ2n) is 4.92. The fraction of sp³-hybridized carbons (Fsp3) is 1.00. The highest BCUT2D eigenvalue weighted by atomic mass is 35.5. The molecule has 1 rings (SSSR count). The summed E-state index contributed by atoms with van der Waals surface area (Å²) in [6.07, 6.45) is 1.56. The topological polar surface area (TPSA) is 26.3 Å². The van der Waals surface area contributed by atoms with Crippen LogP contribution in [0, 0.1) is 5.21 Å². The van der Waals surface area contributed by atoms with Crippen molar-refractivity contribution in [1.29, 1.82) is 0 Å². The van der Waals surface area contributed by atoms with Gasteiger partial charge in [-0.2, -0.15) is 0 Å². The standard InChI is InChI=1S/C9H17ClNO/c1-8(2)5-7(10)6-9(3,4)11(8)12/h7H,5-6H2,1-4H3/q-1. The van der Waals surface area contributed by atoms with Crippen LogP contribution in [0.1, 0.15) is 40.5 Å².